The maximum Gasteiger partial charge on any atom is 0.163 e. The lowest BCUT2D eigenvalue weighted by atomic mass is 10.1. The number of Topliss-reactive ketones (excluding diaryl/α,β-unsaturated/α-hetero) is 1. The average Bonchev–Trinajstić information content (AvgIpc) is 2.55. The van der Waals surface area contributed by atoms with Crippen LogP contribution in [0, 0.1) is 6.92 Å². The molecule has 0 atom stereocenters. The number of ketones is 1. The highest BCUT2D eigenvalue weighted by Gasteiger charge is 2.14. The lowest BCUT2D eigenvalue weighted by Crippen LogP contribution is -1.92. The second-order valence-corrected chi connectivity index (χ2v) is 5.14. The van der Waals surface area contributed by atoms with Crippen molar-refractivity contribution in [2.75, 3.05) is 5.75 Å². The zero-order chi connectivity index (χ0) is 11.7. The average molecular weight is 233 g/mol. The molecule has 0 spiro atoms. The van der Waals surface area contributed by atoms with E-state index in [9.17, 15) is 4.79 Å². The number of fused-ring (bicyclic) bond motifs is 1. The molecule has 0 amide bonds. The summed E-state index contributed by atoms with van der Waals surface area (Å²) in [5, 5.41) is 2.04. The van der Waals surface area contributed by atoms with Crippen molar-refractivity contribution in [3.8, 4) is 0 Å². The lowest BCUT2D eigenvalue weighted by molar-refractivity contribution is 0.101. The van der Waals surface area contributed by atoms with Crippen LogP contribution in [0.1, 0.15) is 29.8 Å². The highest BCUT2D eigenvalue weighted by Crippen LogP contribution is 2.30. The summed E-state index contributed by atoms with van der Waals surface area (Å²) in [6, 6.07) is 6.17. The molecule has 0 bridgehead atoms. The van der Waals surface area contributed by atoms with Gasteiger partial charge in [0.1, 0.15) is 0 Å². The molecule has 0 saturated heterocycles. The van der Waals surface area contributed by atoms with E-state index in [-0.39, 0.29) is 5.78 Å². The molecule has 0 saturated carbocycles. The van der Waals surface area contributed by atoms with Crippen molar-refractivity contribution in [2.45, 2.75) is 25.8 Å². The Hall–Kier alpha value is -1.22. The summed E-state index contributed by atoms with van der Waals surface area (Å²) >= 11 is 1.69. The first-order valence-corrected chi connectivity index (χ1v) is 6.38. The van der Waals surface area contributed by atoms with Crippen LogP contribution in [0.5, 0.6) is 0 Å². The molecule has 0 unspecified atom stereocenters. The molecular weight excluding hydrogens is 218 g/mol. The number of hydrogen-bond acceptors (Lipinski definition) is 2. The molecule has 0 fully saturated rings. The van der Waals surface area contributed by atoms with Crippen LogP contribution in [-0.2, 0) is 0 Å². The zero-order valence-corrected chi connectivity index (χ0v) is 10.6. The van der Waals surface area contributed by atoms with Gasteiger partial charge in [-0.05, 0) is 31.7 Å². The minimum absolute atomic E-state index is 0.132. The molecule has 16 heavy (non-hydrogen) atoms. The fraction of sp³-hybridized carbons (Fsp3) is 0.308. The first kappa shape index (κ1) is 11.3. The molecule has 0 aliphatic heterocycles. The summed E-state index contributed by atoms with van der Waals surface area (Å²) < 4.78 is 0. The molecule has 2 aromatic rings. The second-order valence-electron chi connectivity index (χ2n) is 3.87. The number of carbonyl (C=O) groups excluding carboxylic acids is 1. The third-order valence-corrected chi connectivity index (χ3v) is 3.44. The number of H-pyrrole nitrogens is 1. The standard InChI is InChI=1S/C13H15NOS/c1-4-16-13-12(9(3)15)10-7-8(2)5-6-11(10)14-13/h5-7,14H,4H2,1-3H3. The van der Waals surface area contributed by atoms with Crippen molar-refractivity contribution < 1.29 is 4.79 Å². The summed E-state index contributed by atoms with van der Waals surface area (Å²) in [6.45, 7) is 5.76. The number of carbonyl (C=O) groups is 1. The fourth-order valence-electron chi connectivity index (χ4n) is 1.88. The molecule has 2 nitrogen and oxygen atoms in total. The van der Waals surface area contributed by atoms with Gasteiger partial charge in [-0.2, -0.15) is 0 Å². The molecule has 0 aliphatic rings. The molecule has 1 N–H and O–H groups in total. The van der Waals surface area contributed by atoms with Gasteiger partial charge in [-0.15, -0.1) is 11.8 Å². The molecule has 0 aliphatic carbocycles. The van der Waals surface area contributed by atoms with E-state index in [1.54, 1.807) is 18.7 Å². The van der Waals surface area contributed by atoms with Crippen LogP contribution in [0.3, 0.4) is 0 Å². The molecule has 0 radical (unpaired) electrons. The maximum absolute atomic E-state index is 11.7. The van der Waals surface area contributed by atoms with Gasteiger partial charge in [0.25, 0.3) is 0 Å². The minimum atomic E-state index is 0.132. The molecule has 1 heterocycles. The topological polar surface area (TPSA) is 32.9 Å². The Kier molecular flexibility index (Phi) is 3.06. The van der Waals surface area contributed by atoms with Crippen LogP contribution in [0.4, 0.5) is 0 Å². The van der Waals surface area contributed by atoms with Crippen LogP contribution >= 0.6 is 11.8 Å². The number of aryl methyl sites for hydroxylation is 1. The monoisotopic (exact) mass is 233 g/mol. The van der Waals surface area contributed by atoms with Gasteiger partial charge < -0.3 is 4.98 Å². The summed E-state index contributed by atoms with van der Waals surface area (Å²) in [4.78, 5) is 15.0. The SMILES string of the molecule is CCSc1[nH]c2ccc(C)cc2c1C(C)=O. The van der Waals surface area contributed by atoms with E-state index < -0.39 is 0 Å². The highest BCUT2D eigenvalue weighted by atomic mass is 32.2. The quantitative estimate of drug-likeness (QED) is 0.646. The number of hydrogen-bond donors (Lipinski definition) is 1. The zero-order valence-electron chi connectivity index (χ0n) is 9.76. The molecule has 3 heteroatoms. The smallest absolute Gasteiger partial charge is 0.163 e. The molecular formula is C13H15NOS. The Balaban J connectivity index is 2.72. The van der Waals surface area contributed by atoms with E-state index in [0.29, 0.717) is 0 Å². The van der Waals surface area contributed by atoms with E-state index in [1.165, 1.54) is 5.56 Å². The van der Waals surface area contributed by atoms with E-state index in [0.717, 1.165) is 27.2 Å². The Morgan fingerprint density at radius 2 is 2.19 bits per heavy atom. The Morgan fingerprint density at radius 1 is 1.44 bits per heavy atom. The van der Waals surface area contributed by atoms with Gasteiger partial charge in [-0.3, -0.25) is 4.79 Å². The third kappa shape index (κ3) is 1.87. The molecule has 1 aromatic carbocycles. The lowest BCUT2D eigenvalue weighted by Gasteiger charge is -1.98. The van der Waals surface area contributed by atoms with Gasteiger partial charge in [0.2, 0.25) is 0 Å². The van der Waals surface area contributed by atoms with Crippen LogP contribution in [0.2, 0.25) is 0 Å². The number of nitrogens with one attached hydrogen (secondary N) is 1. The number of aromatic amines is 1. The third-order valence-electron chi connectivity index (χ3n) is 2.56. The van der Waals surface area contributed by atoms with Crippen LogP contribution in [0.15, 0.2) is 23.2 Å². The molecule has 84 valence electrons. The van der Waals surface area contributed by atoms with Gasteiger partial charge in [0.05, 0.1) is 10.6 Å². The number of rotatable bonds is 3. The molecule has 2 rings (SSSR count). The molecule has 1 aromatic heterocycles. The van der Waals surface area contributed by atoms with Gasteiger partial charge in [0, 0.05) is 10.9 Å². The number of benzene rings is 1. The van der Waals surface area contributed by atoms with Crippen molar-refractivity contribution in [3.63, 3.8) is 0 Å². The fourth-order valence-corrected chi connectivity index (χ4v) is 2.75. The summed E-state index contributed by atoms with van der Waals surface area (Å²) in [5.41, 5.74) is 3.07. The van der Waals surface area contributed by atoms with Crippen molar-refractivity contribution in [3.05, 3.63) is 29.3 Å². The van der Waals surface area contributed by atoms with E-state index >= 15 is 0 Å². The Labute approximate surface area is 99.4 Å². The maximum atomic E-state index is 11.7. The number of thioether (sulfide) groups is 1. The first-order valence-electron chi connectivity index (χ1n) is 5.39. The van der Waals surface area contributed by atoms with Crippen molar-refractivity contribution in [2.24, 2.45) is 0 Å². The summed E-state index contributed by atoms with van der Waals surface area (Å²) in [7, 11) is 0. The van der Waals surface area contributed by atoms with Gasteiger partial charge in [0.15, 0.2) is 5.78 Å². The van der Waals surface area contributed by atoms with E-state index in [4.69, 9.17) is 0 Å². The normalized spacial score (nSPS) is 10.9. The number of aromatic nitrogens is 1. The van der Waals surface area contributed by atoms with E-state index in [2.05, 4.69) is 24.0 Å². The largest absolute Gasteiger partial charge is 0.349 e. The van der Waals surface area contributed by atoms with Crippen LogP contribution in [0.25, 0.3) is 10.9 Å². The predicted molar refractivity (Wildman–Crippen MR) is 69.4 cm³/mol. The van der Waals surface area contributed by atoms with E-state index in [1.807, 2.05) is 13.0 Å². The van der Waals surface area contributed by atoms with Crippen molar-refractivity contribution in [1.29, 1.82) is 0 Å². The first-order chi connectivity index (χ1) is 7.63. The second kappa shape index (κ2) is 4.34. The predicted octanol–water partition coefficient (Wildman–Crippen LogP) is 3.79. The summed E-state index contributed by atoms with van der Waals surface area (Å²) in [5.74, 6) is 1.10. The van der Waals surface area contributed by atoms with Gasteiger partial charge >= 0.3 is 0 Å². The summed E-state index contributed by atoms with van der Waals surface area (Å²) in [6.07, 6.45) is 0. The minimum Gasteiger partial charge on any atom is -0.349 e. The van der Waals surface area contributed by atoms with Crippen molar-refractivity contribution >= 4 is 28.4 Å². The Bertz CT molecular complexity index is 542. The van der Waals surface area contributed by atoms with Crippen molar-refractivity contribution in [1.82, 2.24) is 4.98 Å². The Morgan fingerprint density at radius 3 is 2.81 bits per heavy atom. The van der Waals surface area contributed by atoms with Crippen LogP contribution in [-0.4, -0.2) is 16.5 Å². The van der Waals surface area contributed by atoms with Gasteiger partial charge in [-0.1, -0.05) is 18.6 Å². The van der Waals surface area contributed by atoms with Gasteiger partial charge in [-0.25, -0.2) is 0 Å². The highest BCUT2D eigenvalue weighted by molar-refractivity contribution is 7.99. The van der Waals surface area contributed by atoms with Crippen LogP contribution < -0.4 is 0 Å².